The molecule has 0 saturated carbocycles. The molecule has 0 spiro atoms. The minimum atomic E-state index is -1.30. The molecule has 0 radical (unpaired) electrons. The zero-order valence-corrected chi connectivity index (χ0v) is 18.3. The van der Waals surface area contributed by atoms with E-state index in [9.17, 15) is 14.7 Å². The highest BCUT2D eigenvalue weighted by Gasteiger charge is 2.26. The average Bonchev–Trinajstić information content (AvgIpc) is 3.17. The van der Waals surface area contributed by atoms with Crippen LogP contribution in [0.15, 0.2) is 47.1 Å². The number of alkyl carbamates (subject to hydrolysis) is 1. The maximum atomic E-state index is 11.9. The molecule has 2 heterocycles. The molecule has 0 unspecified atom stereocenters. The van der Waals surface area contributed by atoms with Crippen LogP contribution < -0.4 is 10.1 Å². The Bertz CT molecular complexity index is 1090. The Hall–Kier alpha value is -3.66. The number of halogens is 1. The third kappa shape index (κ3) is 6.67. The Morgan fingerprint density at radius 2 is 2.03 bits per heavy atom. The number of carbonyl (C=O) groups excluding carboxylic acids is 1. The van der Waals surface area contributed by atoms with Crippen LogP contribution in [-0.2, 0) is 16.0 Å². The molecule has 0 fully saturated rings. The number of hydrogen-bond acceptors (Lipinski definition) is 8. The molecule has 32 heavy (non-hydrogen) atoms. The SMILES string of the molecule is CC(C)(C)OC(=O)N[C@@H](Cc1nc(-c2cccc(Oc3ccc(Cl)cn3)c2)no1)C(=O)O. The molecule has 11 heteroatoms. The number of carbonyl (C=O) groups is 2. The maximum Gasteiger partial charge on any atom is 0.408 e. The van der Waals surface area contributed by atoms with Gasteiger partial charge in [-0.15, -0.1) is 0 Å². The summed E-state index contributed by atoms with van der Waals surface area (Å²) in [5.74, 6) is -0.150. The number of ether oxygens (including phenoxy) is 2. The summed E-state index contributed by atoms with van der Waals surface area (Å²) >= 11 is 5.82. The second kappa shape index (κ2) is 9.65. The number of rotatable bonds is 7. The number of carboxylic acid groups (broad SMARTS) is 1. The molecule has 10 nitrogen and oxygen atoms in total. The summed E-state index contributed by atoms with van der Waals surface area (Å²) < 4.78 is 15.9. The third-order valence-corrected chi connectivity index (χ3v) is 4.07. The van der Waals surface area contributed by atoms with Gasteiger partial charge in [0.05, 0.1) is 11.4 Å². The summed E-state index contributed by atoms with van der Waals surface area (Å²) in [6.07, 6.45) is 0.397. The number of hydrogen-bond donors (Lipinski definition) is 2. The second-order valence-electron chi connectivity index (χ2n) is 7.70. The highest BCUT2D eigenvalue weighted by molar-refractivity contribution is 6.30. The third-order valence-electron chi connectivity index (χ3n) is 3.85. The van der Waals surface area contributed by atoms with Gasteiger partial charge in [-0.25, -0.2) is 14.6 Å². The van der Waals surface area contributed by atoms with Gasteiger partial charge < -0.3 is 24.4 Å². The molecule has 1 amide bonds. The lowest BCUT2D eigenvalue weighted by Gasteiger charge is -2.21. The molecule has 0 saturated heterocycles. The highest BCUT2D eigenvalue weighted by atomic mass is 35.5. The molecule has 3 rings (SSSR count). The van der Waals surface area contributed by atoms with Gasteiger partial charge in [-0.3, -0.25) is 0 Å². The largest absolute Gasteiger partial charge is 0.480 e. The number of benzene rings is 1. The first kappa shape index (κ1) is 23.0. The van der Waals surface area contributed by atoms with Crippen molar-refractivity contribution in [3.63, 3.8) is 0 Å². The van der Waals surface area contributed by atoms with Gasteiger partial charge in [0.2, 0.25) is 17.6 Å². The van der Waals surface area contributed by atoms with Crippen molar-refractivity contribution in [1.82, 2.24) is 20.4 Å². The van der Waals surface area contributed by atoms with E-state index in [4.69, 9.17) is 25.6 Å². The maximum absolute atomic E-state index is 11.9. The van der Waals surface area contributed by atoms with E-state index in [1.165, 1.54) is 6.20 Å². The smallest absolute Gasteiger partial charge is 0.408 e. The van der Waals surface area contributed by atoms with E-state index < -0.39 is 23.7 Å². The predicted molar refractivity (Wildman–Crippen MR) is 114 cm³/mol. The Morgan fingerprint density at radius 3 is 2.69 bits per heavy atom. The molecular weight excluding hydrogens is 440 g/mol. The van der Waals surface area contributed by atoms with Gasteiger partial charge in [-0.2, -0.15) is 4.98 Å². The van der Waals surface area contributed by atoms with Crippen LogP contribution in [0.5, 0.6) is 11.6 Å². The summed E-state index contributed by atoms with van der Waals surface area (Å²) in [4.78, 5) is 31.7. The predicted octanol–water partition coefficient (Wildman–Crippen LogP) is 4.10. The van der Waals surface area contributed by atoms with E-state index in [1.54, 1.807) is 57.2 Å². The lowest BCUT2D eigenvalue weighted by Crippen LogP contribution is -2.44. The second-order valence-corrected chi connectivity index (χ2v) is 8.13. The number of aromatic nitrogens is 3. The number of pyridine rings is 1. The van der Waals surface area contributed by atoms with Crippen LogP contribution in [0.1, 0.15) is 26.7 Å². The van der Waals surface area contributed by atoms with Crippen molar-refractivity contribution in [2.24, 2.45) is 0 Å². The molecule has 168 valence electrons. The Morgan fingerprint density at radius 1 is 1.25 bits per heavy atom. The molecule has 2 aromatic heterocycles. The minimum absolute atomic E-state index is 0.0362. The highest BCUT2D eigenvalue weighted by Crippen LogP contribution is 2.25. The van der Waals surface area contributed by atoms with E-state index in [1.807, 2.05) is 0 Å². The van der Waals surface area contributed by atoms with Crippen LogP contribution in [0.2, 0.25) is 5.02 Å². The van der Waals surface area contributed by atoms with Gasteiger partial charge in [0, 0.05) is 17.8 Å². The molecule has 1 atom stereocenters. The van der Waals surface area contributed by atoms with Crippen molar-refractivity contribution in [2.45, 2.75) is 38.8 Å². The van der Waals surface area contributed by atoms with E-state index in [0.29, 0.717) is 22.2 Å². The average molecular weight is 461 g/mol. The normalized spacial score (nSPS) is 12.1. The Balaban J connectivity index is 1.69. The fraction of sp³-hybridized carbons (Fsp3) is 0.286. The van der Waals surface area contributed by atoms with Crippen LogP contribution in [0.25, 0.3) is 11.4 Å². The quantitative estimate of drug-likeness (QED) is 0.533. The monoisotopic (exact) mass is 460 g/mol. The van der Waals surface area contributed by atoms with Crippen LogP contribution in [0.3, 0.4) is 0 Å². The zero-order valence-electron chi connectivity index (χ0n) is 17.5. The molecule has 1 aromatic carbocycles. The van der Waals surface area contributed by atoms with Gasteiger partial charge in [-0.05, 0) is 39.0 Å². The first-order valence-corrected chi connectivity index (χ1v) is 9.91. The van der Waals surface area contributed by atoms with E-state index in [0.717, 1.165) is 0 Å². The summed E-state index contributed by atoms with van der Waals surface area (Å²) in [5.41, 5.74) is -0.183. The molecule has 0 bridgehead atoms. The van der Waals surface area contributed by atoms with Crippen molar-refractivity contribution < 1.29 is 28.7 Å². The Kier molecular flexibility index (Phi) is 6.94. The van der Waals surface area contributed by atoms with Crippen LogP contribution >= 0.6 is 11.6 Å². The number of nitrogens with zero attached hydrogens (tertiary/aromatic N) is 3. The molecule has 0 aliphatic heterocycles. The van der Waals surface area contributed by atoms with Crippen molar-refractivity contribution in [1.29, 1.82) is 0 Å². The van der Waals surface area contributed by atoms with Crippen molar-refractivity contribution in [2.75, 3.05) is 0 Å². The molecule has 0 aliphatic carbocycles. The molecular formula is C21H21ClN4O6. The number of amides is 1. The summed E-state index contributed by atoms with van der Waals surface area (Å²) in [6, 6.07) is 8.87. The van der Waals surface area contributed by atoms with Gasteiger partial charge in [0.25, 0.3) is 0 Å². The van der Waals surface area contributed by atoms with Gasteiger partial charge in [0.1, 0.15) is 17.4 Å². The van der Waals surface area contributed by atoms with E-state index in [2.05, 4.69) is 20.4 Å². The lowest BCUT2D eigenvalue weighted by molar-refractivity contribution is -0.139. The fourth-order valence-electron chi connectivity index (χ4n) is 2.52. The summed E-state index contributed by atoms with van der Waals surface area (Å²) in [7, 11) is 0. The summed E-state index contributed by atoms with van der Waals surface area (Å²) in [6.45, 7) is 5.02. The van der Waals surface area contributed by atoms with Crippen LogP contribution in [0.4, 0.5) is 4.79 Å². The number of aliphatic carboxylic acids is 1. The number of carboxylic acids is 1. The molecule has 0 aliphatic rings. The van der Waals surface area contributed by atoms with E-state index >= 15 is 0 Å². The molecule has 2 N–H and O–H groups in total. The van der Waals surface area contributed by atoms with Gasteiger partial charge in [-0.1, -0.05) is 28.9 Å². The fourth-order valence-corrected chi connectivity index (χ4v) is 2.63. The zero-order chi connectivity index (χ0) is 23.3. The lowest BCUT2D eigenvalue weighted by atomic mass is 10.2. The molecule has 3 aromatic rings. The van der Waals surface area contributed by atoms with Crippen molar-refractivity contribution in [3.05, 3.63) is 53.5 Å². The van der Waals surface area contributed by atoms with Gasteiger partial charge in [0.15, 0.2) is 0 Å². The van der Waals surface area contributed by atoms with Crippen molar-refractivity contribution in [3.8, 4) is 23.0 Å². The first-order valence-electron chi connectivity index (χ1n) is 9.54. The van der Waals surface area contributed by atoms with Gasteiger partial charge >= 0.3 is 12.1 Å². The first-order chi connectivity index (χ1) is 15.1. The Labute approximate surface area is 188 Å². The minimum Gasteiger partial charge on any atom is -0.480 e. The topological polar surface area (TPSA) is 137 Å². The van der Waals surface area contributed by atoms with Crippen LogP contribution in [-0.4, -0.2) is 43.9 Å². The number of nitrogens with one attached hydrogen (secondary N) is 1. The van der Waals surface area contributed by atoms with E-state index in [-0.39, 0.29) is 18.1 Å². The standard InChI is InChI=1S/C21H21ClN4O6/c1-21(2,3)31-20(29)24-15(19(27)28)10-17-25-18(26-32-17)12-5-4-6-14(9-12)30-16-8-7-13(22)11-23-16/h4-9,11,15H,10H2,1-3H3,(H,24,29)(H,27,28)/t15-/m0/s1. The van der Waals surface area contributed by atoms with Crippen molar-refractivity contribution >= 4 is 23.7 Å². The summed E-state index contributed by atoms with van der Waals surface area (Å²) in [5, 5.41) is 16.1. The van der Waals surface area contributed by atoms with Crippen LogP contribution in [0, 0.1) is 0 Å².